The van der Waals surface area contributed by atoms with Crippen molar-refractivity contribution in [2.24, 2.45) is 11.8 Å². The lowest BCUT2D eigenvalue weighted by molar-refractivity contribution is 0.298. The molecule has 0 aromatic rings. The van der Waals surface area contributed by atoms with Crippen LogP contribution in [0.5, 0.6) is 0 Å². The summed E-state index contributed by atoms with van der Waals surface area (Å²) in [6.45, 7) is 7.76. The highest BCUT2D eigenvalue weighted by Crippen LogP contribution is 2.49. The zero-order valence-electron chi connectivity index (χ0n) is 8.90. The first-order valence-corrected chi connectivity index (χ1v) is 6.57. The van der Waals surface area contributed by atoms with Gasteiger partial charge in [0.05, 0.1) is 5.66 Å². The summed E-state index contributed by atoms with van der Waals surface area (Å²) in [6.07, 6.45) is 1.64. The third kappa shape index (κ3) is 3.80. The van der Waals surface area contributed by atoms with Gasteiger partial charge in [0, 0.05) is 0 Å². The summed E-state index contributed by atoms with van der Waals surface area (Å²) in [7, 11) is -3.92. The standard InChI is InChI=1S/C9H21O3P/c1-5-7(3)9(8(4)6-2)13(10,11)12/h7-9H,5-6H2,1-4H3,(H2,10,11,12). The third-order valence-electron chi connectivity index (χ3n) is 2.84. The van der Waals surface area contributed by atoms with E-state index >= 15 is 0 Å². The molecule has 0 amide bonds. The van der Waals surface area contributed by atoms with Gasteiger partial charge in [0.15, 0.2) is 0 Å². The zero-order valence-corrected chi connectivity index (χ0v) is 9.79. The van der Waals surface area contributed by atoms with Crippen LogP contribution in [0.3, 0.4) is 0 Å². The molecule has 0 aromatic carbocycles. The number of rotatable bonds is 5. The molecule has 80 valence electrons. The van der Waals surface area contributed by atoms with Gasteiger partial charge >= 0.3 is 7.60 Å². The molecule has 0 spiro atoms. The van der Waals surface area contributed by atoms with Crippen molar-refractivity contribution in [1.29, 1.82) is 0 Å². The number of hydrogen-bond donors (Lipinski definition) is 2. The summed E-state index contributed by atoms with van der Waals surface area (Å²) in [5.41, 5.74) is -0.470. The predicted octanol–water partition coefficient (Wildman–Crippen LogP) is 2.62. The first kappa shape index (κ1) is 13.2. The van der Waals surface area contributed by atoms with Crippen molar-refractivity contribution in [1.82, 2.24) is 0 Å². The molecule has 0 heterocycles. The Bertz CT molecular complexity index is 177. The van der Waals surface area contributed by atoms with Crippen LogP contribution in [0.4, 0.5) is 0 Å². The van der Waals surface area contributed by atoms with Crippen molar-refractivity contribution in [2.75, 3.05) is 0 Å². The molecule has 2 atom stereocenters. The van der Waals surface area contributed by atoms with E-state index in [0.717, 1.165) is 12.8 Å². The van der Waals surface area contributed by atoms with Crippen LogP contribution in [0, 0.1) is 11.8 Å². The molecular formula is C9H21O3P. The Hall–Kier alpha value is 0.150. The molecule has 0 aliphatic heterocycles. The third-order valence-corrected chi connectivity index (χ3v) is 4.64. The topological polar surface area (TPSA) is 57.5 Å². The quantitative estimate of drug-likeness (QED) is 0.683. The Balaban J connectivity index is 4.65. The van der Waals surface area contributed by atoms with Crippen molar-refractivity contribution in [3.8, 4) is 0 Å². The monoisotopic (exact) mass is 208 g/mol. The summed E-state index contributed by atoms with van der Waals surface area (Å²) in [5.74, 6) is 0.187. The Labute approximate surface area is 80.7 Å². The van der Waals surface area contributed by atoms with E-state index in [1.54, 1.807) is 0 Å². The summed E-state index contributed by atoms with van der Waals surface area (Å²) in [6, 6.07) is 0. The Morgan fingerprint density at radius 3 is 1.54 bits per heavy atom. The maximum atomic E-state index is 11.2. The van der Waals surface area contributed by atoms with Crippen LogP contribution in [-0.4, -0.2) is 15.4 Å². The molecule has 0 bridgehead atoms. The molecule has 0 saturated carbocycles. The fourth-order valence-electron chi connectivity index (χ4n) is 1.71. The first-order chi connectivity index (χ1) is 5.84. The second-order valence-electron chi connectivity index (χ2n) is 3.85. The van der Waals surface area contributed by atoms with Gasteiger partial charge in [-0.15, -0.1) is 0 Å². The largest absolute Gasteiger partial charge is 0.329 e. The van der Waals surface area contributed by atoms with Crippen molar-refractivity contribution < 1.29 is 14.4 Å². The van der Waals surface area contributed by atoms with E-state index in [2.05, 4.69) is 0 Å². The van der Waals surface area contributed by atoms with Gasteiger partial charge in [0.25, 0.3) is 0 Å². The van der Waals surface area contributed by atoms with Crippen LogP contribution in [0.15, 0.2) is 0 Å². The van der Waals surface area contributed by atoms with E-state index in [9.17, 15) is 14.4 Å². The van der Waals surface area contributed by atoms with Gasteiger partial charge < -0.3 is 9.79 Å². The molecule has 0 rings (SSSR count). The molecule has 0 aliphatic rings. The van der Waals surface area contributed by atoms with Crippen LogP contribution in [0.1, 0.15) is 40.5 Å². The van der Waals surface area contributed by atoms with Crippen molar-refractivity contribution >= 4 is 7.60 Å². The summed E-state index contributed by atoms with van der Waals surface area (Å²) in [5, 5.41) is 0. The highest BCUT2D eigenvalue weighted by molar-refractivity contribution is 7.52. The highest BCUT2D eigenvalue weighted by Gasteiger charge is 2.36. The molecule has 2 N–H and O–H groups in total. The van der Waals surface area contributed by atoms with Crippen LogP contribution >= 0.6 is 7.60 Å². The maximum absolute atomic E-state index is 11.2. The van der Waals surface area contributed by atoms with Crippen molar-refractivity contribution in [2.45, 2.75) is 46.2 Å². The van der Waals surface area contributed by atoms with Gasteiger partial charge in [-0.25, -0.2) is 0 Å². The lowest BCUT2D eigenvalue weighted by Gasteiger charge is -2.28. The lowest BCUT2D eigenvalue weighted by Crippen LogP contribution is -2.25. The number of hydrogen-bond acceptors (Lipinski definition) is 1. The summed E-state index contributed by atoms with van der Waals surface area (Å²) in [4.78, 5) is 18.4. The van der Waals surface area contributed by atoms with Crippen LogP contribution in [0.25, 0.3) is 0 Å². The molecular weight excluding hydrogens is 187 g/mol. The molecule has 0 aromatic heterocycles. The Morgan fingerprint density at radius 1 is 1.08 bits per heavy atom. The fourth-order valence-corrected chi connectivity index (χ4v) is 3.45. The second kappa shape index (κ2) is 5.14. The van der Waals surface area contributed by atoms with Gasteiger partial charge in [-0.3, -0.25) is 4.57 Å². The second-order valence-corrected chi connectivity index (χ2v) is 5.63. The van der Waals surface area contributed by atoms with Gasteiger partial charge in [-0.05, 0) is 11.8 Å². The smallest absolute Gasteiger partial charge is 0.324 e. The van der Waals surface area contributed by atoms with E-state index in [1.165, 1.54) is 0 Å². The predicted molar refractivity (Wildman–Crippen MR) is 54.7 cm³/mol. The summed E-state index contributed by atoms with van der Waals surface area (Å²) < 4.78 is 11.2. The van der Waals surface area contributed by atoms with E-state index in [1.807, 2.05) is 27.7 Å². The minimum absolute atomic E-state index is 0.0933. The molecule has 0 saturated heterocycles. The Morgan fingerprint density at radius 2 is 1.38 bits per heavy atom. The maximum Gasteiger partial charge on any atom is 0.329 e. The van der Waals surface area contributed by atoms with Gasteiger partial charge in [0.1, 0.15) is 0 Å². The van der Waals surface area contributed by atoms with Gasteiger partial charge in [0.2, 0.25) is 0 Å². The van der Waals surface area contributed by atoms with Crippen molar-refractivity contribution in [3.05, 3.63) is 0 Å². The van der Waals surface area contributed by atoms with E-state index in [-0.39, 0.29) is 11.8 Å². The van der Waals surface area contributed by atoms with Gasteiger partial charge in [-0.2, -0.15) is 0 Å². The average molecular weight is 208 g/mol. The molecule has 0 fully saturated rings. The van der Waals surface area contributed by atoms with Crippen LogP contribution in [0.2, 0.25) is 0 Å². The SMILES string of the molecule is CCC(C)C(C(C)CC)P(=O)(O)O. The van der Waals surface area contributed by atoms with Crippen LogP contribution in [-0.2, 0) is 4.57 Å². The van der Waals surface area contributed by atoms with E-state index in [0.29, 0.717) is 0 Å². The van der Waals surface area contributed by atoms with Crippen LogP contribution < -0.4 is 0 Å². The summed E-state index contributed by atoms with van der Waals surface area (Å²) >= 11 is 0. The highest BCUT2D eigenvalue weighted by atomic mass is 31.2. The molecule has 0 aliphatic carbocycles. The fraction of sp³-hybridized carbons (Fsp3) is 1.00. The lowest BCUT2D eigenvalue weighted by atomic mass is 9.93. The van der Waals surface area contributed by atoms with Crippen molar-refractivity contribution in [3.63, 3.8) is 0 Å². The molecule has 4 heteroatoms. The zero-order chi connectivity index (χ0) is 10.6. The normalized spacial score (nSPS) is 19.5. The van der Waals surface area contributed by atoms with Gasteiger partial charge in [-0.1, -0.05) is 40.5 Å². The minimum atomic E-state index is -3.92. The molecule has 3 nitrogen and oxygen atoms in total. The molecule has 13 heavy (non-hydrogen) atoms. The molecule has 2 unspecified atom stereocenters. The average Bonchev–Trinajstić information content (AvgIpc) is 2.01. The van der Waals surface area contributed by atoms with E-state index < -0.39 is 13.3 Å². The van der Waals surface area contributed by atoms with E-state index in [4.69, 9.17) is 0 Å². The first-order valence-electron chi connectivity index (χ1n) is 4.89. The molecule has 0 radical (unpaired) electrons. The minimum Gasteiger partial charge on any atom is -0.324 e. The Kier molecular flexibility index (Phi) is 5.19.